The number of aliphatic carboxylic acids is 1. The van der Waals surface area contributed by atoms with Gasteiger partial charge in [-0.2, -0.15) is 9.78 Å². The molecule has 1 aromatic carbocycles. The second kappa shape index (κ2) is 9.01. The molecule has 0 radical (unpaired) electrons. The Morgan fingerprint density at radius 3 is 2.68 bits per heavy atom. The Morgan fingerprint density at radius 2 is 2.03 bits per heavy atom. The lowest BCUT2D eigenvalue weighted by Crippen LogP contribution is -2.46. The SMILES string of the molecule is Cc1ccccc1CC1(C(=O)O)CCN(c2cnn(C3CCCCO3)c(=O)c2Cl)CC1. The summed E-state index contributed by atoms with van der Waals surface area (Å²) in [5.41, 5.74) is 1.54. The lowest BCUT2D eigenvalue weighted by atomic mass is 9.73. The zero-order valence-corrected chi connectivity index (χ0v) is 18.5. The van der Waals surface area contributed by atoms with Crippen molar-refractivity contribution in [1.29, 1.82) is 0 Å². The van der Waals surface area contributed by atoms with Crippen molar-refractivity contribution in [3.8, 4) is 0 Å². The summed E-state index contributed by atoms with van der Waals surface area (Å²) in [4.78, 5) is 27.0. The molecule has 166 valence electrons. The monoisotopic (exact) mass is 445 g/mol. The largest absolute Gasteiger partial charge is 0.481 e. The van der Waals surface area contributed by atoms with Gasteiger partial charge in [-0.3, -0.25) is 9.59 Å². The molecule has 8 heteroatoms. The molecule has 0 bridgehead atoms. The van der Waals surface area contributed by atoms with Gasteiger partial charge in [0.1, 0.15) is 5.02 Å². The van der Waals surface area contributed by atoms with Crippen molar-refractivity contribution < 1.29 is 14.6 Å². The number of hydrogen-bond acceptors (Lipinski definition) is 5. The van der Waals surface area contributed by atoms with Crippen LogP contribution < -0.4 is 10.5 Å². The van der Waals surface area contributed by atoms with Gasteiger partial charge in [0, 0.05) is 19.7 Å². The molecule has 2 aliphatic rings. The van der Waals surface area contributed by atoms with Crippen LogP contribution in [0.4, 0.5) is 5.69 Å². The van der Waals surface area contributed by atoms with Crippen LogP contribution in [0, 0.1) is 12.3 Å². The Bertz CT molecular complexity index is 1010. The summed E-state index contributed by atoms with van der Waals surface area (Å²) < 4.78 is 7.00. The summed E-state index contributed by atoms with van der Waals surface area (Å²) in [7, 11) is 0. The number of carbonyl (C=O) groups is 1. The number of halogens is 1. The predicted octanol–water partition coefficient (Wildman–Crippen LogP) is 3.82. The van der Waals surface area contributed by atoms with Crippen molar-refractivity contribution in [2.75, 3.05) is 24.6 Å². The third-order valence-corrected chi connectivity index (χ3v) is 7.01. The first-order valence-corrected chi connectivity index (χ1v) is 11.2. The number of aromatic nitrogens is 2. The number of benzene rings is 1. The minimum Gasteiger partial charge on any atom is -0.481 e. The van der Waals surface area contributed by atoms with Gasteiger partial charge in [-0.15, -0.1) is 0 Å². The van der Waals surface area contributed by atoms with Gasteiger partial charge in [0.15, 0.2) is 6.23 Å². The number of anilines is 1. The fourth-order valence-corrected chi connectivity index (χ4v) is 4.85. The van der Waals surface area contributed by atoms with Crippen LogP contribution in [0.15, 0.2) is 35.3 Å². The Balaban J connectivity index is 1.52. The third kappa shape index (κ3) is 4.34. The Hall–Kier alpha value is -2.38. The molecule has 1 N–H and O–H groups in total. The first-order chi connectivity index (χ1) is 14.9. The lowest BCUT2D eigenvalue weighted by Gasteiger charge is -2.40. The van der Waals surface area contributed by atoms with E-state index in [2.05, 4.69) is 5.10 Å². The third-order valence-electron chi connectivity index (χ3n) is 6.66. The van der Waals surface area contributed by atoms with E-state index in [1.165, 1.54) is 4.68 Å². The van der Waals surface area contributed by atoms with Gasteiger partial charge in [0.05, 0.1) is 17.3 Å². The van der Waals surface area contributed by atoms with Crippen molar-refractivity contribution in [3.05, 3.63) is 57.0 Å². The van der Waals surface area contributed by atoms with Crippen LogP contribution in [0.5, 0.6) is 0 Å². The lowest BCUT2D eigenvalue weighted by molar-refractivity contribution is -0.150. The Kier molecular flexibility index (Phi) is 6.34. The molecule has 7 nitrogen and oxygen atoms in total. The van der Waals surface area contributed by atoms with E-state index >= 15 is 0 Å². The first kappa shape index (κ1) is 21.8. The van der Waals surface area contributed by atoms with Gasteiger partial charge >= 0.3 is 5.97 Å². The molecule has 1 aromatic heterocycles. The highest BCUT2D eigenvalue weighted by Gasteiger charge is 2.42. The van der Waals surface area contributed by atoms with Crippen LogP contribution in [-0.4, -0.2) is 40.6 Å². The second-order valence-electron chi connectivity index (χ2n) is 8.59. The number of carboxylic acid groups (broad SMARTS) is 1. The van der Waals surface area contributed by atoms with Crippen molar-refractivity contribution >= 4 is 23.3 Å². The van der Waals surface area contributed by atoms with Crippen LogP contribution in [0.1, 0.15) is 49.5 Å². The minimum absolute atomic E-state index is 0.117. The average Bonchev–Trinajstić information content (AvgIpc) is 2.78. The minimum atomic E-state index is -0.826. The molecule has 4 rings (SSSR count). The van der Waals surface area contributed by atoms with Crippen LogP contribution >= 0.6 is 11.6 Å². The molecule has 0 aliphatic carbocycles. The zero-order chi connectivity index (χ0) is 22.0. The van der Waals surface area contributed by atoms with Gasteiger partial charge in [0.25, 0.3) is 5.56 Å². The smallest absolute Gasteiger partial charge is 0.310 e. The highest BCUT2D eigenvalue weighted by atomic mass is 35.5. The van der Waals surface area contributed by atoms with Crippen LogP contribution in [0.3, 0.4) is 0 Å². The van der Waals surface area contributed by atoms with Crippen molar-refractivity contribution in [2.24, 2.45) is 5.41 Å². The van der Waals surface area contributed by atoms with Gasteiger partial charge in [-0.25, -0.2) is 0 Å². The quantitative estimate of drug-likeness (QED) is 0.753. The molecule has 1 atom stereocenters. The maximum atomic E-state index is 12.8. The van der Waals surface area contributed by atoms with Crippen molar-refractivity contribution in [2.45, 2.75) is 51.7 Å². The van der Waals surface area contributed by atoms with Gasteiger partial charge in [0.2, 0.25) is 0 Å². The topological polar surface area (TPSA) is 84.7 Å². The Labute approximate surface area is 186 Å². The van der Waals surface area contributed by atoms with Crippen molar-refractivity contribution in [1.82, 2.24) is 9.78 Å². The summed E-state index contributed by atoms with van der Waals surface area (Å²) in [6.45, 7) is 3.63. The van der Waals surface area contributed by atoms with E-state index in [1.807, 2.05) is 36.1 Å². The van der Waals surface area contributed by atoms with Gasteiger partial charge < -0.3 is 14.7 Å². The number of nitrogens with zero attached hydrogens (tertiary/aromatic N) is 3. The van der Waals surface area contributed by atoms with E-state index < -0.39 is 11.4 Å². The fraction of sp³-hybridized carbons (Fsp3) is 0.522. The summed E-state index contributed by atoms with van der Waals surface area (Å²) in [5.74, 6) is -0.774. The van der Waals surface area contributed by atoms with E-state index in [-0.39, 0.29) is 16.8 Å². The number of aryl methyl sites for hydroxylation is 1. The van der Waals surface area contributed by atoms with E-state index in [4.69, 9.17) is 16.3 Å². The van der Waals surface area contributed by atoms with Crippen molar-refractivity contribution in [3.63, 3.8) is 0 Å². The van der Waals surface area contributed by atoms with E-state index in [1.54, 1.807) is 6.20 Å². The highest BCUT2D eigenvalue weighted by molar-refractivity contribution is 6.33. The molecule has 2 aromatic rings. The molecule has 0 spiro atoms. The standard InChI is InChI=1S/C23H28ClN3O4/c1-16-6-2-3-7-17(16)14-23(22(29)30)9-11-26(12-10-23)18-15-25-27(21(28)20(18)24)19-8-4-5-13-31-19/h2-3,6-7,15,19H,4-5,8-14H2,1H3,(H,29,30). The summed E-state index contributed by atoms with van der Waals surface area (Å²) >= 11 is 6.45. The van der Waals surface area contributed by atoms with Gasteiger partial charge in [-0.05, 0) is 56.6 Å². The Morgan fingerprint density at radius 1 is 1.29 bits per heavy atom. The molecular weight excluding hydrogens is 418 g/mol. The average molecular weight is 446 g/mol. The molecule has 2 aliphatic heterocycles. The number of piperidine rings is 1. The van der Waals surface area contributed by atoms with Crippen LogP contribution in [-0.2, 0) is 16.0 Å². The number of carboxylic acids is 1. The fourth-order valence-electron chi connectivity index (χ4n) is 4.59. The number of rotatable bonds is 5. The molecule has 3 heterocycles. The number of hydrogen-bond donors (Lipinski definition) is 1. The molecule has 2 fully saturated rings. The molecule has 1 unspecified atom stereocenters. The maximum Gasteiger partial charge on any atom is 0.310 e. The van der Waals surface area contributed by atoms with Crippen LogP contribution in [0.2, 0.25) is 5.02 Å². The first-order valence-electron chi connectivity index (χ1n) is 10.8. The predicted molar refractivity (Wildman–Crippen MR) is 119 cm³/mol. The van der Waals surface area contributed by atoms with E-state index in [9.17, 15) is 14.7 Å². The maximum absolute atomic E-state index is 12.8. The summed E-state index contributed by atoms with van der Waals surface area (Å²) in [5, 5.41) is 14.5. The van der Waals surface area contributed by atoms with E-state index in [0.29, 0.717) is 44.6 Å². The summed E-state index contributed by atoms with van der Waals surface area (Å²) in [6, 6.07) is 7.92. The van der Waals surface area contributed by atoms with E-state index in [0.717, 1.165) is 30.4 Å². The summed E-state index contributed by atoms with van der Waals surface area (Å²) in [6.07, 6.45) is 5.39. The van der Waals surface area contributed by atoms with Gasteiger partial charge in [-0.1, -0.05) is 35.9 Å². The van der Waals surface area contributed by atoms with Crippen LogP contribution in [0.25, 0.3) is 0 Å². The normalized spacial score (nSPS) is 21.1. The molecular formula is C23H28ClN3O4. The second-order valence-corrected chi connectivity index (χ2v) is 8.97. The molecule has 0 saturated carbocycles. The molecule has 2 saturated heterocycles. The number of ether oxygens (including phenoxy) is 1. The molecule has 0 amide bonds. The molecule has 31 heavy (non-hydrogen) atoms. The highest BCUT2D eigenvalue weighted by Crippen LogP contribution is 2.38. The zero-order valence-electron chi connectivity index (χ0n) is 17.7.